The van der Waals surface area contributed by atoms with E-state index in [0.29, 0.717) is 18.8 Å². The van der Waals surface area contributed by atoms with Gasteiger partial charge in [-0.2, -0.15) is 0 Å². The van der Waals surface area contributed by atoms with Crippen molar-refractivity contribution >= 4 is 17.5 Å². The molecule has 1 unspecified atom stereocenters. The minimum atomic E-state index is -0.299. The number of hydrogen-bond donors (Lipinski definition) is 3. The monoisotopic (exact) mass is 317 g/mol. The summed E-state index contributed by atoms with van der Waals surface area (Å²) in [5, 5.41) is 9.05. The van der Waals surface area contributed by atoms with Crippen molar-refractivity contribution in [3.8, 4) is 0 Å². The van der Waals surface area contributed by atoms with Crippen LogP contribution in [0.3, 0.4) is 0 Å². The third kappa shape index (κ3) is 6.40. The maximum atomic E-state index is 11.3. The van der Waals surface area contributed by atoms with E-state index in [-0.39, 0.29) is 11.8 Å². The molecule has 1 aliphatic heterocycles. The van der Waals surface area contributed by atoms with Gasteiger partial charge in [0.25, 0.3) is 0 Å². The van der Waals surface area contributed by atoms with Crippen molar-refractivity contribution < 1.29 is 9.59 Å². The molecule has 1 fully saturated rings. The third-order valence-electron chi connectivity index (χ3n) is 4.18. The van der Waals surface area contributed by atoms with Crippen molar-refractivity contribution in [2.45, 2.75) is 44.9 Å². The van der Waals surface area contributed by atoms with Crippen molar-refractivity contribution in [2.24, 2.45) is 0 Å². The second-order valence-corrected chi connectivity index (χ2v) is 6.13. The largest absolute Gasteiger partial charge is 0.385 e. The van der Waals surface area contributed by atoms with Crippen LogP contribution >= 0.6 is 0 Å². The van der Waals surface area contributed by atoms with E-state index in [9.17, 15) is 9.59 Å². The summed E-state index contributed by atoms with van der Waals surface area (Å²) in [7, 11) is 0. The zero-order valence-corrected chi connectivity index (χ0v) is 13.9. The van der Waals surface area contributed by atoms with Gasteiger partial charge in [0, 0.05) is 25.6 Å². The van der Waals surface area contributed by atoms with E-state index in [1.165, 1.54) is 31.7 Å². The first-order chi connectivity index (χ1) is 11.1. The highest BCUT2D eigenvalue weighted by Gasteiger charge is 2.13. The SMILES string of the molecule is CC(=O)NC(=O)CCCNc1ccc(C2CCCNCC2)cc1. The van der Waals surface area contributed by atoms with Gasteiger partial charge in [-0.25, -0.2) is 0 Å². The summed E-state index contributed by atoms with van der Waals surface area (Å²) in [4.78, 5) is 22.1. The molecule has 0 radical (unpaired) electrons. The number of imide groups is 1. The van der Waals surface area contributed by atoms with E-state index in [4.69, 9.17) is 0 Å². The lowest BCUT2D eigenvalue weighted by Crippen LogP contribution is -2.28. The Bertz CT molecular complexity index is 506. The van der Waals surface area contributed by atoms with Crippen LogP contribution in [-0.2, 0) is 9.59 Å². The molecule has 1 saturated heterocycles. The molecule has 5 heteroatoms. The Labute approximate surface area is 138 Å². The van der Waals surface area contributed by atoms with Crippen LogP contribution < -0.4 is 16.0 Å². The maximum absolute atomic E-state index is 11.3. The lowest BCUT2D eigenvalue weighted by molar-refractivity contribution is -0.129. The van der Waals surface area contributed by atoms with Gasteiger partial charge in [0.2, 0.25) is 11.8 Å². The summed E-state index contributed by atoms with van der Waals surface area (Å²) in [5.74, 6) is 0.151. The van der Waals surface area contributed by atoms with Gasteiger partial charge in [0.05, 0.1) is 0 Å². The van der Waals surface area contributed by atoms with Crippen molar-refractivity contribution in [2.75, 3.05) is 25.0 Å². The molecule has 1 heterocycles. The van der Waals surface area contributed by atoms with Crippen LogP contribution in [0.15, 0.2) is 24.3 Å². The molecule has 23 heavy (non-hydrogen) atoms. The summed E-state index contributed by atoms with van der Waals surface area (Å²) >= 11 is 0. The van der Waals surface area contributed by atoms with E-state index in [2.05, 4.69) is 40.2 Å². The molecule has 3 N–H and O–H groups in total. The van der Waals surface area contributed by atoms with E-state index in [1.54, 1.807) is 0 Å². The summed E-state index contributed by atoms with van der Waals surface area (Å²) in [6, 6.07) is 8.65. The van der Waals surface area contributed by atoms with E-state index < -0.39 is 0 Å². The second kappa shape index (κ2) is 9.30. The van der Waals surface area contributed by atoms with Gasteiger partial charge in [0.15, 0.2) is 0 Å². The van der Waals surface area contributed by atoms with Crippen LogP contribution in [0.1, 0.15) is 50.5 Å². The Kier molecular flexibility index (Phi) is 7.07. The van der Waals surface area contributed by atoms with Gasteiger partial charge < -0.3 is 10.6 Å². The van der Waals surface area contributed by atoms with Crippen LogP contribution in [0, 0.1) is 0 Å². The van der Waals surface area contributed by atoms with Gasteiger partial charge in [-0.15, -0.1) is 0 Å². The van der Waals surface area contributed by atoms with Gasteiger partial charge >= 0.3 is 0 Å². The first kappa shape index (κ1) is 17.5. The van der Waals surface area contributed by atoms with Crippen LogP contribution in [0.25, 0.3) is 0 Å². The standard InChI is InChI=1S/C18H27N3O2/c1-14(22)21-18(23)5-3-12-20-17-8-6-16(7-9-17)15-4-2-11-19-13-10-15/h6-9,15,19-20H,2-5,10-13H2,1H3,(H,21,22,23). The van der Waals surface area contributed by atoms with Crippen molar-refractivity contribution in [1.29, 1.82) is 0 Å². The average Bonchev–Trinajstić information content (AvgIpc) is 2.81. The third-order valence-corrected chi connectivity index (χ3v) is 4.18. The lowest BCUT2D eigenvalue weighted by Gasteiger charge is -2.15. The summed E-state index contributed by atoms with van der Waals surface area (Å²) < 4.78 is 0. The Balaban J connectivity index is 1.72. The first-order valence-corrected chi connectivity index (χ1v) is 8.50. The molecule has 1 aromatic carbocycles. The Morgan fingerprint density at radius 2 is 1.96 bits per heavy atom. The van der Waals surface area contributed by atoms with Crippen LogP contribution in [0.5, 0.6) is 0 Å². The Morgan fingerprint density at radius 3 is 2.70 bits per heavy atom. The normalized spacial score (nSPS) is 18.0. The zero-order valence-electron chi connectivity index (χ0n) is 13.9. The molecule has 2 rings (SSSR count). The fourth-order valence-corrected chi connectivity index (χ4v) is 2.97. The van der Waals surface area contributed by atoms with Crippen molar-refractivity contribution in [3.63, 3.8) is 0 Å². The molecule has 5 nitrogen and oxygen atoms in total. The van der Waals surface area contributed by atoms with Gasteiger partial charge in [-0.3, -0.25) is 14.9 Å². The number of rotatable bonds is 6. The minimum Gasteiger partial charge on any atom is -0.385 e. The first-order valence-electron chi connectivity index (χ1n) is 8.50. The van der Waals surface area contributed by atoms with E-state index in [1.807, 2.05) is 0 Å². The summed E-state index contributed by atoms with van der Waals surface area (Å²) in [6.45, 7) is 4.31. The number of nitrogens with one attached hydrogen (secondary N) is 3. The predicted octanol–water partition coefficient (Wildman–Crippen LogP) is 2.40. The molecule has 2 amide bonds. The Hall–Kier alpha value is -1.88. The zero-order chi connectivity index (χ0) is 16.5. The number of hydrogen-bond acceptors (Lipinski definition) is 4. The van der Waals surface area contributed by atoms with Crippen molar-refractivity contribution in [3.05, 3.63) is 29.8 Å². The van der Waals surface area contributed by atoms with Gasteiger partial charge in [-0.05, 0) is 62.4 Å². The molecular weight excluding hydrogens is 290 g/mol. The smallest absolute Gasteiger partial charge is 0.226 e. The molecule has 0 bridgehead atoms. The molecule has 1 aromatic rings. The highest BCUT2D eigenvalue weighted by atomic mass is 16.2. The number of anilines is 1. The van der Waals surface area contributed by atoms with Crippen LogP contribution in [0.4, 0.5) is 5.69 Å². The molecule has 0 spiro atoms. The van der Waals surface area contributed by atoms with E-state index >= 15 is 0 Å². The average molecular weight is 317 g/mol. The molecule has 0 aliphatic carbocycles. The lowest BCUT2D eigenvalue weighted by atomic mass is 9.92. The van der Waals surface area contributed by atoms with Crippen molar-refractivity contribution in [1.82, 2.24) is 10.6 Å². The molecule has 0 aromatic heterocycles. The number of carbonyl (C=O) groups excluding carboxylic acids is 2. The minimum absolute atomic E-state index is 0.211. The summed E-state index contributed by atoms with van der Waals surface area (Å²) in [5.41, 5.74) is 2.49. The molecule has 1 aliphatic rings. The highest BCUT2D eigenvalue weighted by molar-refractivity contribution is 5.93. The molecule has 126 valence electrons. The second-order valence-electron chi connectivity index (χ2n) is 6.13. The topological polar surface area (TPSA) is 70.2 Å². The maximum Gasteiger partial charge on any atom is 0.226 e. The highest BCUT2D eigenvalue weighted by Crippen LogP contribution is 2.27. The Morgan fingerprint density at radius 1 is 1.17 bits per heavy atom. The quantitative estimate of drug-likeness (QED) is 0.705. The van der Waals surface area contributed by atoms with Crippen LogP contribution in [0.2, 0.25) is 0 Å². The fraction of sp³-hybridized carbons (Fsp3) is 0.556. The molecule has 0 saturated carbocycles. The van der Waals surface area contributed by atoms with Gasteiger partial charge in [-0.1, -0.05) is 12.1 Å². The fourth-order valence-electron chi connectivity index (χ4n) is 2.97. The number of benzene rings is 1. The van der Waals surface area contributed by atoms with E-state index in [0.717, 1.165) is 25.3 Å². The van der Waals surface area contributed by atoms with Crippen LogP contribution in [-0.4, -0.2) is 31.4 Å². The predicted molar refractivity (Wildman–Crippen MR) is 92.5 cm³/mol. The summed E-state index contributed by atoms with van der Waals surface area (Å²) in [6.07, 6.45) is 4.77. The van der Waals surface area contributed by atoms with Gasteiger partial charge in [0.1, 0.15) is 0 Å². The molecule has 1 atom stereocenters. The number of carbonyl (C=O) groups is 2. The molecular formula is C18H27N3O2. The number of amides is 2.